The van der Waals surface area contributed by atoms with Crippen LogP contribution in [0.5, 0.6) is 0 Å². The van der Waals surface area contributed by atoms with Gasteiger partial charge in [-0.3, -0.25) is 9.48 Å². The molecule has 1 amide bonds. The van der Waals surface area contributed by atoms with Crippen LogP contribution in [0.15, 0.2) is 35.5 Å². The Bertz CT molecular complexity index is 895. The van der Waals surface area contributed by atoms with Crippen molar-refractivity contribution in [3.63, 3.8) is 0 Å². The monoisotopic (exact) mass is 378 g/mol. The van der Waals surface area contributed by atoms with Crippen molar-refractivity contribution < 1.29 is 13.2 Å². The van der Waals surface area contributed by atoms with E-state index in [4.69, 9.17) is 5.73 Å². The molecule has 0 spiro atoms. The quantitative estimate of drug-likeness (QED) is 0.699. The fourth-order valence-electron chi connectivity index (χ4n) is 2.86. The highest BCUT2D eigenvalue weighted by Crippen LogP contribution is 2.21. The first-order valence-electron chi connectivity index (χ1n) is 8.35. The number of aromatic nitrogens is 3. The molecule has 1 aliphatic heterocycles. The van der Waals surface area contributed by atoms with Crippen LogP contribution < -0.4 is 11.1 Å². The molecule has 140 valence electrons. The first-order chi connectivity index (χ1) is 12.4. The molecule has 26 heavy (non-hydrogen) atoms. The van der Waals surface area contributed by atoms with Crippen LogP contribution in [0.3, 0.4) is 0 Å². The maximum atomic E-state index is 12.7. The van der Waals surface area contributed by atoms with Crippen molar-refractivity contribution in [3.05, 3.63) is 42.0 Å². The van der Waals surface area contributed by atoms with E-state index < -0.39 is 10.0 Å². The van der Waals surface area contributed by atoms with E-state index in [1.807, 2.05) is 0 Å². The van der Waals surface area contributed by atoms with Crippen molar-refractivity contribution in [1.82, 2.24) is 24.4 Å². The molecule has 0 saturated carbocycles. The highest BCUT2D eigenvalue weighted by molar-refractivity contribution is 7.89. The van der Waals surface area contributed by atoms with Crippen molar-refractivity contribution in [2.45, 2.75) is 23.8 Å². The van der Waals surface area contributed by atoms with E-state index in [9.17, 15) is 13.2 Å². The smallest absolute Gasteiger partial charge is 0.251 e. The second-order valence-electron chi connectivity index (χ2n) is 6.25. The molecule has 10 heteroatoms. The summed E-state index contributed by atoms with van der Waals surface area (Å²) in [6.45, 7) is 1.08. The third kappa shape index (κ3) is 3.92. The molecule has 2 heterocycles. The van der Waals surface area contributed by atoms with Gasteiger partial charge in [0.2, 0.25) is 10.0 Å². The maximum Gasteiger partial charge on any atom is 0.251 e. The van der Waals surface area contributed by atoms with Gasteiger partial charge in [0.1, 0.15) is 12.2 Å². The summed E-state index contributed by atoms with van der Waals surface area (Å²) in [4.78, 5) is 16.5. The molecule has 1 atom stereocenters. The predicted octanol–water partition coefficient (Wildman–Crippen LogP) is -0.491. The van der Waals surface area contributed by atoms with Crippen LogP contribution in [-0.2, 0) is 23.5 Å². The van der Waals surface area contributed by atoms with Gasteiger partial charge in [0.25, 0.3) is 5.91 Å². The fourth-order valence-corrected chi connectivity index (χ4v) is 4.41. The van der Waals surface area contributed by atoms with Crippen molar-refractivity contribution in [2.24, 2.45) is 12.8 Å². The predicted molar refractivity (Wildman–Crippen MR) is 94.8 cm³/mol. The van der Waals surface area contributed by atoms with Gasteiger partial charge in [0, 0.05) is 44.7 Å². The summed E-state index contributed by atoms with van der Waals surface area (Å²) in [6.07, 6.45) is 2.63. The maximum absolute atomic E-state index is 12.7. The molecule has 1 aliphatic rings. The van der Waals surface area contributed by atoms with Gasteiger partial charge >= 0.3 is 0 Å². The SMILES string of the molecule is Cn1ncnc1CCNC(=O)c1cccc(S(=O)(=O)N2CC[C@H](N)C2)c1. The van der Waals surface area contributed by atoms with E-state index in [2.05, 4.69) is 15.4 Å². The normalized spacial score (nSPS) is 18.2. The van der Waals surface area contributed by atoms with Crippen LogP contribution in [0, 0.1) is 0 Å². The number of nitrogens with one attached hydrogen (secondary N) is 1. The molecule has 0 radical (unpaired) electrons. The van der Waals surface area contributed by atoms with Crippen LogP contribution in [-0.4, -0.2) is 59.1 Å². The summed E-state index contributed by atoms with van der Waals surface area (Å²) in [5.41, 5.74) is 6.10. The van der Waals surface area contributed by atoms with E-state index in [1.54, 1.807) is 23.9 Å². The van der Waals surface area contributed by atoms with E-state index in [0.717, 1.165) is 5.82 Å². The number of hydrogen-bond acceptors (Lipinski definition) is 6. The molecule has 3 rings (SSSR count). The molecule has 0 bridgehead atoms. The topological polar surface area (TPSA) is 123 Å². The molecule has 2 aromatic rings. The minimum Gasteiger partial charge on any atom is -0.352 e. The second kappa shape index (κ2) is 7.52. The number of rotatable bonds is 6. The third-order valence-electron chi connectivity index (χ3n) is 4.36. The number of benzene rings is 1. The lowest BCUT2D eigenvalue weighted by Crippen LogP contribution is -2.32. The minimum absolute atomic E-state index is 0.104. The van der Waals surface area contributed by atoms with Crippen molar-refractivity contribution in [3.8, 4) is 0 Å². The number of amides is 1. The molecular weight excluding hydrogens is 356 g/mol. The van der Waals surface area contributed by atoms with Crippen molar-refractivity contribution in [2.75, 3.05) is 19.6 Å². The lowest BCUT2D eigenvalue weighted by molar-refractivity contribution is 0.0953. The number of hydrogen-bond donors (Lipinski definition) is 2. The van der Waals surface area contributed by atoms with Gasteiger partial charge < -0.3 is 11.1 Å². The van der Waals surface area contributed by atoms with Gasteiger partial charge in [0.15, 0.2) is 0 Å². The lowest BCUT2D eigenvalue weighted by atomic mass is 10.2. The molecule has 1 saturated heterocycles. The Morgan fingerprint density at radius 2 is 2.23 bits per heavy atom. The standard InChI is InChI=1S/C16H22N6O3S/c1-21-15(19-11-20-21)5-7-18-16(23)12-3-2-4-14(9-12)26(24,25)22-8-6-13(17)10-22/h2-4,9,11,13H,5-8,10,17H2,1H3,(H,18,23)/t13-/m0/s1. The van der Waals surface area contributed by atoms with Crippen molar-refractivity contribution in [1.29, 1.82) is 0 Å². The Hall–Kier alpha value is -2.30. The first kappa shape index (κ1) is 18.5. The van der Waals surface area contributed by atoms with Gasteiger partial charge in [-0.25, -0.2) is 13.4 Å². The summed E-state index contributed by atoms with van der Waals surface area (Å²) >= 11 is 0. The fraction of sp³-hybridized carbons (Fsp3) is 0.438. The minimum atomic E-state index is -3.64. The molecule has 1 fully saturated rings. The first-order valence-corrected chi connectivity index (χ1v) is 9.79. The molecule has 0 aliphatic carbocycles. The van der Waals surface area contributed by atoms with Crippen LogP contribution >= 0.6 is 0 Å². The molecule has 0 unspecified atom stereocenters. The number of nitrogens with two attached hydrogens (primary N) is 1. The third-order valence-corrected chi connectivity index (χ3v) is 6.22. The summed E-state index contributed by atoms with van der Waals surface area (Å²) in [5, 5.41) is 6.74. The van der Waals surface area contributed by atoms with Gasteiger partial charge in [-0.1, -0.05) is 6.07 Å². The van der Waals surface area contributed by atoms with E-state index in [0.29, 0.717) is 38.0 Å². The number of aryl methyl sites for hydroxylation is 1. The highest BCUT2D eigenvalue weighted by atomic mass is 32.2. The Kier molecular flexibility index (Phi) is 5.35. The average molecular weight is 378 g/mol. The van der Waals surface area contributed by atoms with Crippen molar-refractivity contribution >= 4 is 15.9 Å². The number of sulfonamides is 1. The molecular formula is C16H22N6O3S. The number of carbonyl (C=O) groups excluding carboxylic acids is 1. The van der Waals surface area contributed by atoms with Gasteiger partial charge in [0.05, 0.1) is 4.90 Å². The average Bonchev–Trinajstić information content (AvgIpc) is 3.24. The summed E-state index contributed by atoms with van der Waals surface area (Å²) in [5.74, 6) is 0.425. The van der Waals surface area contributed by atoms with Gasteiger partial charge in [-0.15, -0.1) is 0 Å². The van der Waals surface area contributed by atoms with E-state index in [-0.39, 0.29) is 16.8 Å². The van der Waals surface area contributed by atoms with Crippen LogP contribution in [0.25, 0.3) is 0 Å². The van der Waals surface area contributed by atoms with Gasteiger partial charge in [-0.05, 0) is 24.6 Å². The zero-order valence-electron chi connectivity index (χ0n) is 14.5. The summed E-state index contributed by atoms with van der Waals surface area (Å²) in [6, 6.07) is 5.91. The number of nitrogens with zero attached hydrogens (tertiary/aromatic N) is 4. The Morgan fingerprint density at radius 3 is 2.88 bits per heavy atom. The largest absolute Gasteiger partial charge is 0.352 e. The molecule has 9 nitrogen and oxygen atoms in total. The molecule has 3 N–H and O–H groups in total. The molecule has 1 aromatic heterocycles. The Morgan fingerprint density at radius 1 is 1.42 bits per heavy atom. The zero-order chi connectivity index (χ0) is 18.7. The Balaban J connectivity index is 1.66. The summed E-state index contributed by atoms with van der Waals surface area (Å²) in [7, 11) is -1.86. The Labute approximate surface area is 152 Å². The summed E-state index contributed by atoms with van der Waals surface area (Å²) < 4.78 is 28.4. The van der Waals surface area contributed by atoms with Crippen LogP contribution in [0.1, 0.15) is 22.6 Å². The molecule has 1 aromatic carbocycles. The highest BCUT2D eigenvalue weighted by Gasteiger charge is 2.31. The lowest BCUT2D eigenvalue weighted by Gasteiger charge is -2.16. The van der Waals surface area contributed by atoms with E-state index >= 15 is 0 Å². The van der Waals surface area contributed by atoms with Gasteiger partial charge in [-0.2, -0.15) is 9.40 Å². The zero-order valence-corrected chi connectivity index (χ0v) is 15.3. The van der Waals surface area contributed by atoms with E-state index in [1.165, 1.54) is 22.8 Å². The van der Waals surface area contributed by atoms with Crippen LogP contribution in [0.4, 0.5) is 0 Å². The van der Waals surface area contributed by atoms with Crippen LogP contribution in [0.2, 0.25) is 0 Å². The number of carbonyl (C=O) groups is 1. The second-order valence-corrected chi connectivity index (χ2v) is 8.18.